The first-order chi connectivity index (χ1) is 10.2. The highest BCUT2D eigenvalue weighted by Gasteiger charge is 2.27. The molecule has 122 valence electrons. The molecule has 0 radical (unpaired) electrons. The molecule has 2 fully saturated rings. The molecule has 2 saturated heterocycles. The molecule has 0 aliphatic carbocycles. The molecule has 0 bridgehead atoms. The zero-order chi connectivity index (χ0) is 15.1. The fraction of sp³-hybridized carbons (Fsp3) is 0.938. The Morgan fingerprint density at radius 2 is 1.76 bits per heavy atom. The quantitative estimate of drug-likeness (QED) is 0.740. The van der Waals surface area contributed by atoms with Crippen LogP contribution in [-0.4, -0.2) is 55.4 Å². The van der Waals surface area contributed by atoms with E-state index in [2.05, 4.69) is 6.92 Å². The van der Waals surface area contributed by atoms with Gasteiger partial charge in [-0.2, -0.15) is 0 Å². The van der Waals surface area contributed by atoms with Gasteiger partial charge in [0, 0.05) is 38.8 Å². The minimum atomic E-state index is -0.0287. The fourth-order valence-corrected chi connectivity index (χ4v) is 3.17. The van der Waals surface area contributed by atoms with E-state index in [-0.39, 0.29) is 24.2 Å². The molecule has 0 aromatic carbocycles. The van der Waals surface area contributed by atoms with Crippen molar-refractivity contribution in [3.63, 3.8) is 0 Å². The van der Waals surface area contributed by atoms with E-state index >= 15 is 0 Å². The Kier molecular flexibility index (Phi) is 6.93. The third-order valence-corrected chi connectivity index (χ3v) is 4.35. The van der Waals surface area contributed by atoms with E-state index in [1.807, 2.05) is 4.90 Å². The highest BCUT2D eigenvalue weighted by molar-refractivity contribution is 5.76. The molecule has 3 atom stereocenters. The van der Waals surface area contributed by atoms with E-state index in [0.717, 1.165) is 51.7 Å². The molecule has 2 rings (SSSR count). The van der Waals surface area contributed by atoms with Crippen LogP contribution < -0.4 is 5.73 Å². The standard InChI is InChI=1S/C16H30N2O3/c1-2-5-13(17)10-16(19)18(11-14-6-3-8-20-14)12-15-7-4-9-21-15/h13-15H,2-12,17H2,1H3. The van der Waals surface area contributed by atoms with Gasteiger partial charge in [0.1, 0.15) is 0 Å². The zero-order valence-electron chi connectivity index (χ0n) is 13.3. The normalized spacial score (nSPS) is 27.0. The second kappa shape index (κ2) is 8.71. The van der Waals surface area contributed by atoms with Gasteiger partial charge < -0.3 is 20.1 Å². The molecule has 5 nitrogen and oxygen atoms in total. The third kappa shape index (κ3) is 5.57. The maximum Gasteiger partial charge on any atom is 0.224 e. The van der Waals surface area contributed by atoms with E-state index in [9.17, 15) is 4.79 Å². The summed E-state index contributed by atoms with van der Waals surface area (Å²) in [7, 11) is 0. The van der Waals surface area contributed by atoms with Gasteiger partial charge in [0.25, 0.3) is 0 Å². The molecule has 5 heteroatoms. The predicted octanol–water partition coefficient (Wildman–Crippen LogP) is 1.69. The van der Waals surface area contributed by atoms with Crippen molar-refractivity contribution in [1.82, 2.24) is 4.90 Å². The molecule has 2 aliphatic rings. The highest BCUT2D eigenvalue weighted by Crippen LogP contribution is 2.18. The van der Waals surface area contributed by atoms with Crippen molar-refractivity contribution in [2.75, 3.05) is 26.3 Å². The largest absolute Gasteiger partial charge is 0.376 e. The lowest BCUT2D eigenvalue weighted by Gasteiger charge is -2.28. The number of ether oxygens (including phenoxy) is 2. The van der Waals surface area contributed by atoms with Crippen molar-refractivity contribution < 1.29 is 14.3 Å². The van der Waals surface area contributed by atoms with Crippen LogP contribution in [0.25, 0.3) is 0 Å². The van der Waals surface area contributed by atoms with Crippen LogP contribution in [0.15, 0.2) is 0 Å². The van der Waals surface area contributed by atoms with Gasteiger partial charge >= 0.3 is 0 Å². The maximum atomic E-state index is 12.5. The smallest absolute Gasteiger partial charge is 0.224 e. The summed E-state index contributed by atoms with van der Waals surface area (Å²) in [5.41, 5.74) is 6.03. The number of rotatable bonds is 8. The molecule has 2 aliphatic heterocycles. The van der Waals surface area contributed by atoms with Crippen LogP contribution in [0.2, 0.25) is 0 Å². The lowest BCUT2D eigenvalue weighted by Crippen LogP contribution is -2.43. The second-order valence-corrected chi connectivity index (χ2v) is 6.32. The summed E-state index contributed by atoms with van der Waals surface area (Å²) in [6.07, 6.45) is 7.05. The molecule has 0 aromatic rings. The van der Waals surface area contributed by atoms with Gasteiger partial charge in [0.2, 0.25) is 5.91 Å². The van der Waals surface area contributed by atoms with Gasteiger partial charge in [-0.25, -0.2) is 0 Å². The molecule has 2 heterocycles. The van der Waals surface area contributed by atoms with Gasteiger partial charge in [0.15, 0.2) is 0 Å². The summed E-state index contributed by atoms with van der Waals surface area (Å²) in [5.74, 6) is 0.155. The molecule has 2 N–H and O–H groups in total. The Balaban J connectivity index is 1.87. The molecular formula is C16H30N2O3. The Hall–Kier alpha value is -0.650. The number of nitrogens with zero attached hydrogens (tertiary/aromatic N) is 1. The van der Waals surface area contributed by atoms with E-state index in [4.69, 9.17) is 15.2 Å². The average Bonchev–Trinajstić information content (AvgIpc) is 3.11. The van der Waals surface area contributed by atoms with E-state index in [0.29, 0.717) is 19.5 Å². The monoisotopic (exact) mass is 298 g/mol. The summed E-state index contributed by atoms with van der Waals surface area (Å²) >= 11 is 0. The second-order valence-electron chi connectivity index (χ2n) is 6.32. The number of amides is 1. The third-order valence-electron chi connectivity index (χ3n) is 4.35. The van der Waals surface area contributed by atoms with Crippen LogP contribution in [0.5, 0.6) is 0 Å². The molecule has 0 aromatic heterocycles. The average molecular weight is 298 g/mol. The van der Waals surface area contributed by atoms with Crippen LogP contribution in [0, 0.1) is 0 Å². The van der Waals surface area contributed by atoms with Crippen molar-refractivity contribution in [3.05, 3.63) is 0 Å². The van der Waals surface area contributed by atoms with Crippen LogP contribution in [0.1, 0.15) is 51.9 Å². The van der Waals surface area contributed by atoms with Gasteiger partial charge in [-0.15, -0.1) is 0 Å². The number of hydrogen-bond donors (Lipinski definition) is 1. The molecular weight excluding hydrogens is 268 g/mol. The molecule has 0 spiro atoms. The number of carbonyl (C=O) groups excluding carboxylic acids is 1. The SMILES string of the molecule is CCCC(N)CC(=O)N(CC1CCCO1)CC1CCCO1. The van der Waals surface area contributed by atoms with Crippen molar-refractivity contribution in [2.24, 2.45) is 5.73 Å². The van der Waals surface area contributed by atoms with E-state index < -0.39 is 0 Å². The Labute approximate surface area is 128 Å². The van der Waals surface area contributed by atoms with Gasteiger partial charge in [-0.3, -0.25) is 4.79 Å². The van der Waals surface area contributed by atoms with E-state index in [1.165, 1.54) is 0 Å². The highest BCUT2D eigenvalue weighted by atomic mass is 16.5. The summed E-state index contributed by atoms with van der Waals surface area (Å²) in [6, 6.07) is -0.0287. The van der Waals surface area contributed by atoms with Gasteiger partial charge in [0.05, 0.1) is 12.2 Å². The lowest BCUT2D eigenvalue weighted by atomic mass is 10.1. The zero-order valence-corrected chi connectivity index (χ0v) is 13.3. The topological polar surface area (TPSA) is 64.8 Å². The van der Waals surface area contributed by atoms with E-state index in [1.54, 1.807) is 0 Å². The van der Waals surface area contributed by atoms with Crippen molar-refractivity contribution >= 4 is 5.91 Å². The Morgan fingerprint density at radius 1 is 1.19 bits per heavy atom. The number of nitrogens with two attached hydrogens (primary N) is 1. The van der Waals surface area contributed by atoms with Crippen LogP contribution >= 0.6 is 0 Å². The summed E-state index contributed by atoms with van der Waals surface area (Å²) in [6.45, 7) is 5.12. The lowest BCUT2D eigenvalue weighted by molar-refractivity contribution is -0.134. The molecule has 3 unspecified atom stereocenters. The number of hydrogen-bond acceptors (Lipinski definition) is 4. The summed E-state index contributed by atoms with van der Waals surface area (Å²) in [5, 5.41) is 0. The minimum Gasteiger partial charge on any atom is -0.376 e. The fourth-order valence-electron chi connectivity index (χ4n) is 3.17. The van der Waals surface area contributed by atoms with Crippen LogP contribution in [0.4, 0.5) is 0 Å². The minimum absolute atomic E-state index is 0.0287. The van der Waals surface area contributed by atoms with Crippen molar-refractivity contribution in [1.29, 1.82) is 0 Å². The molecule has 1 amide bonds. The van der Waals surface area contributed by atoms with Crippen LogP contribution in [0.3, 0.4) is 0 Å². The first kappa shape index (κ1) is 16.7. The summed E-state index contributed by atoms with van der Waals surface area (Å²) in [4.78, 5) is 14.5. The molecule has 0 saturated carbocycles. The maximum absolute atomic E-state index is 12.5. The Bertz CT molecular complexity index is 295. The first-order valence-corrected chi connectivity index (χ1v) is 8.45. The number of carbonyl (C=O) groups is 1. The first-order valence-electron chi connectivity index (χ1n) is 8.45. The van der Waals surface area contributed by atoms with Gasteiger partial charge in [-0.05, 0) is 32.1 Å². The Morgan fingerprint density at radius 3 is 2.19 bits per heavy atom. The van der Waals surface area contributed by atoms with Gasteiger partial charge in [-0.1, -0.05) is 13.3 Å². The molecule has 21 heavy (non-hydrogen) atoms. The van der Waals surface area contributed by atoms with Crippen molar-refractivity contribution in [3.8, 4) is 0 Å². The van der Waals surface area contributed by atoms with Crippen molar-refractivity contribution in [2.45, 2.75) is 70.1 Å². The predicted molar refractivity (Wildman–Crippen MR) is 82.0 cm³/mol. The summed E-state index contributed by atoms with van der Waals surface area (Å²) < 4.78 is 11.4. The van der Waals surface area contributed by atoms with Crippen LogP contribution in [-0.2, 0) is 14.3 Å².